The van der Waals surface area contributed by atoms with Gasteiger partial charge in [0.25, 0.3) is 0 Å². The molecule has 3 aromatic carbocycles. The zero-order valence-electron chi connectivity index (χ0n) is 30.2. The molecule has 0 unspecified atom stereocenters. The average Bonchev–Trinajstić information content (AvgIpc) is 3.05. The van der Waals surface area contributed by atoms with E-state index in [-0.39, 0.29) is 5.41 Å². The van der Waals surface area contributed by atoms with E-state index in [9.17, 15) is 0 Å². The topological polar surface area (TPSA) is 34.2 Å². The van der Waals surface area contributed by atoms with E-state index in [1.807, 2.05) is 39.8 Å². The van der Waals surface area contributed by atoms with Crippen molar-refractivity contribution in [3.05, 3.63) is 131 Å². The summed E-state index contributed by atoms with van der Waals surface area (Å²) in [6.07, 6.45) is 3.76. The highest BCUT2D eigenvalue weighted by molar-refractivity contribution is 5.39. The Morgan fingerprint density at radius 1 is 0.717 bits per heavy atom. The molecule has 0 spiro atoms. The van der Waals surface area contributed by atoms with Gasteiger partial charge < -0.3 is 14.2 Å². The molecule has 0 radical (unpaired) electrons. The van der Waals surface area contributed by atoms with Crippen LogP contribution in [-0.2, 0) is 30.9 Å². The average molecular weight is 627 g/mol. The molecule has 0 bridgehead atoms. The molecular formula is C41H58N2O3. The quantitative estimate of drug-likeness (QED) is 0.193. The number of allylic oxidation sites excluding steroid dienone is 3. The van der Waals surface area contributed by atoms with Gasteiger partial charge >= 0.3 is 0 Å². The maximum atomic E-state index is 5.93. The van der Waals surface area contributed by atoms with Gasteiger partial charge in [-0.05, 0) is 54.2 Å². The molecular weight excluding hydrogens is 568 g/mol. The molecule has 0 fully saturated rings. The highest BCUT2D eigenvalue weighted by Crippen LogP contribution is 2.28. The zero-order valence-corrected chi connectivity index (χ0v) is 30.2. The summed E-state index contributed by atoms with van der Waals surface area (Å²) in [5, 5.41) is 0. The number of rotatable bonds is 7. The summed E-state index contributed by atoms with van der Waals surface area (Å²) >= 11 is 0. The Morgan fingerprint density at radius 3 is 1.50 bits per heavy atom. The summed E-state index contributed by atoms with van der Waals surface area (Å²) < 4.78 is 16.8. The van der Waals surface area contributed by atoms with Crippen molar-refractivity contribution in [3.63, 3.8) is 0 Å². The third-order valence-electron chi connectivity index (χ3n) is 7.56. The lowest BCUT2D eigenvalue weighted by Gasteiger charge is -2.30. The summed E-state index contributed by atoms with van der Waals surface area (Å²) in [5.74, 6) is 2.70. The van der Waals surface area contributed by atoms with Crippen LogP contribution in [0.4, 0.5) is 0 Å². The number of hydrogen-bond donors (Lipinski definition) is 0. The summed E-state index contributed by atoms with van der Waals surface area (Å²) in [6.45, 7) is 31.2. The molecule has 0 N–H and O–H groups in total. The van der Waals surface area contributed by atoms with Gasteiger partial charge in [0.15, 0.2) is 0 Å². The van der Waals surface area contributed by atoms with Crippen LogP contribution in [0.3, 0.4) is 0 Å². The van der Waals surface area contributed by atoms with Gasteiger partial charge in [-0.2, -0.15) is 0 Å². The van der Waals surface area contributed by atoms with Gasteiger partial charge in [0.1, 0.15) is 30.7 Å². The first-order valence-corrected chi connectivity index (χ1v) is 16.6. The molecule has 2 aliphatic rings. The largest absolute Gasteiger partial charge is 0.497 e. The number of hydrogen-bond acceptors (Lipinski definition) is 5. The fourth-order valence-corrected chi connectivity index (χ4v) is 4.82. The summed E-state index contributed by atoms with van der Waals surface area (Å²) in [5.41, 5.74) is 8.93. The normalized spacial score (nSPS) is 14.0. The van der Waals surface area contributed by atoms with Gasteiger partial charge in [-0.1, -0.05) is 127 Å². The van der Waals surface area contributed by atoms with Gasteiger partial charge in [0, 0.05) is 37.3 Å². The molecule has 0 aromatic heterocycles. The van der Waals surface area contributed by atoms with E-state index < -0.39 is 0 Å². The number of aryl methyl sites for hydroxylation is 2. The fraction of sp³-hybridized carbons (Fsp3) is 0.415. The standard InChI is InChI=1S/C26H28N2O2.C11H18O.2C2H6/c1-19-3-9-25-23(11-19)15-27(17-29-25)13-21-5-7-22(8-6-21)14-28-16-24-12-20(2)4-10-26(24)30-18-28;1-9(11(3,4)5)7-8-10(2)12-6;2*1-2/h3-12H,13-18H2,1-2H3;7-8H,1-2H2,3-6H3;2*1-2H3/b;8-7-;;. The van der Waals surface area contributed by atoms with Crippen molar-refractivity contribution in [1.82, 2.24) is 9.80 Å². The molecule has 0 atom stereocenters. The molecule has 250 valence electrons. The molecule has 0 saturated carbocycles. The third-order valence-corrected chi connectivity index (χ3v) is 7.56. The second-order valence-corrected chi connectivity index (χ2v) is 12.3. The maximum Gasteiger partial charge on any atom is 0.142 e. The monoisotopic (exact) mass is 626 g/mol. The first kappa shape index (κ1) is 38.4. The van der Waals surface area contributed by atoms with E-state index in [2.05, 4.69) is 118 Å². The van der Waals surface area contributed by atoms with E-state index in [1.54, 1.807) is 7.11 Å². The first-order chi connectivity index (χ1) is 22.0. The minimum atomic E-state index is 0.116. The van der Waals surface area contributed by atoms with Gasteiger partial charge in [0.05, 0.1) is 7.11 Å². The van der Waals surface area contributed by atoms with E-state index in [1.165, 1.54) is 33.4 Å². The minimum absolute atomic E-state index is 0.116. The van der Waals surface area contributed by atoms with Crippen molar-refractivity contribution >= 4 is 0 Å². The van der Waals surface area contributed by atoms with Crippen molar-refractivity contribution in [2.24, 2.45) is 5.41 Å². The van der Waals surface area contributed by atoms with Gasteiger partial charge in [-0.3, -0.25) is 9.80 Å². The summed E-state index contributed by atoms with van der Waals surface area (Å²) in [7, 11) is 1.60. The minimum Gasteiger partial charge on any atom is -0.497 e. The number of ether oxygens (including phenoxy) is 3. The molecule has 5 rings (SSSR count). The van der Waals surface area contributed by atoms with Crippen LogP contribution >= 0.6 is 0 Å². The fourth-order valence-electron chi connectivity index (χ4n) is 4.82. The Balaban J connectivity index is 0.000000391. The molecule has 0 saturated heterocycles. The Labute approximate surface area is 280 Å². The van der Waals surface area contributed by atoms with Crippen LogP contribution in [0, 0.1) is 19.3 Å². The zero-order chi connectivity index (χ0) is 34.3. The summed E-state index contributed by atoms with van der Waals surface area (Å²) in [4.78, 5) is 4.68. The highest BCUT2D eigenvalue weighted by atomic mass is 16.5. The van der Waals surface area contributed by atoms with Gasteiger partial charge in [-0.15, -0.1) is 0 Å². The van der Waals surface area contributed by atoms with Crippen molar-refractivity contribution in [3.8, 4) is 11.5 Å². The first-order valence-electron chi connectivity index (χ1n) is 16.6. The van der Waals surface area contributed by atoms with E-state index in [0.29, 0.717) is 19.2 Å². The number of fused-ring (bicyclic) bond motifs is 2. The lowest BCUT2D eigenvalue weighted by atomic mass is 9.87. The van der Waals surface area contributed by atoms with Crippen LogP contribution in [0.25, 0.3) is 0 Å². The van der Waals surface area contributed by atoms with E-state index in [4.69, 9.17) is 14.2 Å². The molecule has 5 nitrogen and oxygen atoms in total. The van der Waals surface area contributed by atoms with Crippen LogP contribution in [0.15, 0.2) is 97.3 Å². The molecule has 0 aliphatic carbocycles. The number of nitrogens with zero attached hydrogens (tertiary/aromatic N) is 2. The predicted octanol–water partition coefficient (Wildman–Crippen LogP) is 10.4. The van der Waals surface area contributed by atoms with Crippen molar-refractivity contribution < 1.29 is 14.2 Å². The summed E-state index contributed by atoms with van der Waals surface area (Å²) in [6, 6.07) is 21.8. The number of methoxy groups -OCH3 is 1. The molecule has 3 aromatic rings. The van der Waals surface area contributed by atoms with E-state index in [0.717, 1.165) is 43.3 Å². The molecule has 2 aliphatic heterocycles. The predicted molar refractivity (Wildman–Crippen MR) is 195 cm³/mol. The Hall–Kier alpha value is -3.80. The highest BCUT2D eigenvalue weighted by Gasteiger charge is 2.19. The van der Waals surface area contributed by atoms with Crippen LogP contribution in [0.1, 0.15) is 81.8 Å². The van der Waals surface area contributed by atoms with Gasteiger partial charge in [-0.25, -0.2) is 0 Å². The molecule has 46 heavy (non-hydrogen) atoms. The Morgan fingerprint density at radius 2 is 1.13 bits per heavy atom. The lowest BCUT2D eigenvalue weighted by Crippen LogP contribution is -2.32. The van der Waals surface area contributed by atoms with E-state index >= 15 is 0 Å². The molecule has 2 heterocycles. The Bertz CT molecular complexity index is 1330. The van der Waals surface area contributed by atoms with Crippen molar-refractivity contribution in [2.75, 3.05) is 20.6 Å². The third kappa shape index (κ3) is 12.2. The maximum absolute atomic E-state index is 5.93. The van der Waals surface area contributed by atoms with Crippen molar-refractivity contribution in [1.29, 1.82) is 0 Å². The molecule has 0 amide bonds. The molecule has 5 heteroatoms. The SMILES string of the molecule is C=C(/C=C\C(=C)C(C)(C)C)OC.CC.CC.Cc1ccc2c(c1)CN(Cc1ccc(CN3COc4ccc(C)cc4C3)cc1)CO2. The smallest absolute Gasteiger partial charge is 0.142 e. The second-order valence-electron chi connectivity index (χ2n) is 12.3. The van der Waals surface area contributed by atoms with Crippen LogP contribution in [-0.4, -0.2) is 30.4 Å². The van der Waals surface area contributed by atoms with Crippen LogP contribution in [0.5, 0.6) is 11.5 Å². The lowest BCUT2D eigenvalue weighted by molar-refractivity contribution is 0.0878. The van der Waals surface area contributed by atoms with Gasteiger partial charge in [0.2, 0.25) is 0 Å². The second kappa shape index (κ2) is 19.0. The Kier molecular flexibility index (Phi) is 15.9. The van der Waals surface area contributed by atoms with Crippen LogP contribution in [0.2, 0.25) is 0 Å². The van der Waals surface area contributed by atoms with Crippen molar-refractivity contribution in [2.45, 2.75) is 88.5 Å². The number of benzene rings is 3. The van der Waals surface area contributed by atoms with Crippen LogP contribution < -0.4 is 9.47 Å².